The van der Waals surface area contributed by atoms with Gasteiger partial charge in [0.1, 0.15) is 0 Å². The Labute approximate surface area is 110 Å². The average molecular weight is 257 g/mol. The van der Waals surface area contributed by atoms with Crippen molar-refractivity contribution in [3.8, 4) is 0 Å². The van der Waals surface area contributed by atoms with Crippen LogP contribution in [0.25, 0.3) is 0 Å². The van der Waals surface area contributed by atoms with Gasteiger partial charge in [-0.15, -0.1) is 0 Å². The molecule has 2 rings (SSSR count). The third-order valence-electron chi connectivity index (χ3n) is 5.02. The van der Waals surface area contributed by atoms with Crippen molar-refractivity contribution >= 4 is 11.8 Å². The van der Waals surface area contributed by atoms with Crippen molar-refractivity contribution in [1.82, 2.24) is 0 Å². The van der Waals surface area contributed by atoms with Crippen molar-refractivity contribution in [3.63, 3.8) is 0 Å². The lowest BCUT2D eigenvalue weighted by Crippen LogP contribution is -2.62. The number of rotatable bonds is 1. The van der Waals surface area contributed by atoms with Crippen LogP contribution in [0.2, 0.25) is 0 Å². The minimum absolute atomic E-state index is 0.319. The fourth-order valence-electron chi connectivity index (χ4n) is 3.41. The number of aliphatic hydroxyl groups is 1. The molecular formula is C14H27NOS. The highest BCUT2D eigenvalue weighted by molar-refractivity contribution is 7.99. The Hall–Kier alpha value is 0.270. The van der Waals surface area contributed by atoms with Crippen LogP contribution in [0.4, 0.5) is 0 Å². The summed E-state index contributed by atoms with van der Waals surface area (Å²) in [6.45, 7) is 6.93. The summed E-state index contributed by atoms with van der Waals surface area (Å²) in [5, 5.41) is 10.9. The van der Waals surface area contributed by atoms with E-state index >= 15 is 0 Å². The number of hydrogen-bond donors (Lipinski definition) is 2. The predicted octanol–water partition coefficient (Wildman–Crippen LogP) is 2.79. The molecule has 3 heteroatoms. The van der Waals surface area contributed by atoms with Gasteiger partial charge in [-0.3, -0.25) is 0 Å². The second-order valence-electron chi connectivity index (χ2n) is 7.13. The molecule has 0 radical (unpaired) electrons. The first kappa shape index (κ1) is 13.7. The summed E-state index contributed by atoms with van der Waals surface area (Å²) >= 11 is 1.89. The molecule has 0 aromatic rings. The van der Waals surface area contributed by atoms with Crippen LogP contribution < -0.4 is 5.73 Å². The zero-order valence-corrected chi connectivity index (χ0v) is 12.3. The van der Waals surface area contributed by atoms with E-state index in [-0.39, 0.29) is 5.54 Å². The molecule has 0 aromatic heterocycles. The first-order valence-electron chi connectivity index (χ1n) is 6.86. The first-order chi connectivity index (χ1) is 7.77. The third kappa shape index (κ3) is 2.52. The molecule has 1 unspecified atom stereocenters. The summed E-state index contributed by atoms with van der Waals surface area (Å²) in [7, 11) is 0. The van der Waals surface area contributed by atoms with Gasteiger partial charge in [0, 0.05) is 5.75 Å². The van der Waals surface area contributed by atoms with Gasteiger partial charge in [-0.05, 0) is 49.2 Å². The van der Waals surface area contributed by atoms with Gasteiger partial charge in [-0.25, -0.2) is 0 Å². The van der Waals surface area contributed by atoms with E-state index in [9.17, 15) is 5.11 Å². The summed E-state index contributed by atoms with van der Waals surface area (Å²) in [6.07, 6.45) is 5.03. The second-order valence-corrected chi connectivity index (χ2v) is 8.24. The zero-order chi connectivity index (χ0) is 12.7. The van der Waals surface area contributed by atoms with Gasteiger partial charge >= 0.3 is 0 Å². The van der Waals surface area contributed by atoms with E-state index in [4.69, 9.17) is 5.73 Å². The van der Waals surface area contributed by atoms with Crippen molar-refractivity contribution in [3.05, 3.63) is 0 Å². The minimum Gasteiger partial charge on any atom is -0.388 e. The predicted molar refractivity (Wildman–Crippen MR) is 75.2 cm³/mol. The summed E-state index contributed by atoms with van der Waals surface area (Å²) in [6, 6.07) is 0. The maximum absolute atomic E-state index is 10.9. The van der Waals surface area contributed by atoms with Gasteiger partial charge in [-0.1, -0.05) is 20.8 Å². The normalized spacial score (nSPS) is 43.9. The minimum atomic E-state index is -0.599. The molecule has 1 heterocycles. The van der Waals surface area contributed by atoms with Gasteiger partial charge in [0.25, 0.3) is 0 Å². The highest BCUT2D eigenvalue weighted by Gasteiger charge is 2.51. The molecule has 1 saturated carbocycles. The Morgan fingerprint density at radius 1 is 1.18 bits per heavy atom. The molecule has 17 heavy (non-hydrogen) atoms. The molecule has 2 aliphatic rings. The van der Waals surface area contributed by atoms with Crippen LogP contribution in [0.1, 0.15) is 52.9 Å². The van der Waals surface area contributed by atoms with Crippen LogP contribution in [0.15, 0.2) is 0 Å². The largest absolute Gasteiger partial charge is 0.388 e. The molecule has 0 amide bonds. The smallest absolute Gasteiger partial charge is 0.0834 e. The molecule has 1 atom stereocenters. The first-order valence-corrected chi connectivity index (χ1v) is 8.01. The van der Waals surface area contributed by atoms with E-state index in [2.05, 4.69) is 20.8 Å². The van der Waals surface area contributed by atoms with Crippen LogP contribution in [0, 0.1) is 11.3 Å². The lowest BCUT2D eigenvalue weighted by atomic mass is 9.63. The van der Waals surface area contributed by atoms with E-state index in [0.29, 0.717) is 5.41 Å². The number of hydrogen-bond acceptors (Lipinski definition) is 3. The third-order valence-corrected chi connectivity index (χ3v) is 6.23. The van der Waals surface area contributed by atoms with E-state index < -0.39 is 5.60 Å². The molecule has 1 aliphatic carbocycles. The van der Waals surface area contributed by atoms with Crippen LogP contribution in [0.5, 0.6) is 0 Å². The molecule has 2 nitrogen and oxygen atoms in total. The van der Waals surface area contributed by atoms with Gasteiger partial charge in [0.2, 0.25) is 0 Å². The molecule has 2 fully saturated rings. The lowest BCUT2D eigenvalue weighted by molar-refractivity contribution is -0.0748. The molecule has 100 valence electrons. The Morgan fingerprint density at radius 2 is 1.76 bits per heavy atom. The Balaban J connectivity index is 2.02. The van der Waals surface area contributed by atoms with E-state index in [1.165, 1.54) is 0 Å². The number of nitrogens with two attached hydrogens (primary N) is 1. The summed E-state index contributed by atoms with van der Waals surface area (Å²) in [4.78, 5) is 0. The van der Waals surface area contributed by atoms with Crippen molar-refractivity contribution in [2.45, 2.75) is 64.0 Å². The maximum atomic E-state index is 10.9. The highest BCUT2D eigenvalue weighted by Crippen LogP contribution is 2.47. The number of thioether (sulfide) groups is 1. The molecule has 0 spiro atoms. The lowest BCUT2D eigenvalue weighted by Gasteiger charge is -2.48. The summed E-state index contributed by atoms with van der Waals surface area (Å²) in [5.41, 5.74) is 5.90. The molecule has 3 N–H and O–H groups in total. The average Bonchev–Trinajstić information content (AvgIpc) is 2.66. The monoisotopic (exact) mass is 257 g/mol. The van der Waals surface area contributed by atoms with Crippen LogP contribution in [0.3, 0.4) is 0 Å². The van der Waals surface area contributed by atoms with Crippen molar-refractivity contribution in [1.29, 1.82) is 0 Å². The standard InChI is InChI=1S/C14H27NOS/c1-12(2,3)11-4-6-14(16,7-5-11)13(15)8-9-17-10-13/h11,16H,4-10,15H2,1-3H3. The topological polar surface area (TPSA) is 46.2 Å². The fourth-order valence-corrected chi connectivity index (χ4v) is 4.84. The molecular weight excluding hydrogens is 230 g/mol. The molecule has 1 saturated heterocycles. The van der Waals surface area contributed by atoms with Gasteiger partial charge in [0.05, 0.1) is 11.1 Å². The maximum Gasteiger partial charge on any atom is 0.0834 e. The van der Waals surface area contributed by atoms with Crippen molar-refractivity contribution < 1.29 is 5.11 Å². The van der Waals surface area contributed by atoms with Crippen molar-refractivity contribution in [2.24, 2.45) is 17.1 Å². The summed E-state index contributed by atoms with van der Waals surface area (Å²) < 4.78 is 0. The zero-order valence-electron chi connectivity index (χ0n) is 11.5. The molecule has 1 aliphatic heterocycles. The Kier molecular flexibility index (Phi) is 3.57. The summed E-state index contributed by atoms with van der Waals surface area (Å²) in [5.74, 6) is 2.78. The van der Waals surface area contributed by atoms with Gasteiger partial charge in [0.15, 0.2) is 0 Å². The van der Waals surface area contributed by atoms with E-state index in [1.807, 2.05) is 11.8 Å². The van der Waals surface area contributed by atoms with Gasteiger partial charge in [-0.2, -0.15) is 11.8 Å². The second kappa shape index (κ2) is 4.43. The van der Waals surface area contributed by atoms with Gasteiger partial charge < -0.3 is 10.8 Å². The van der Waals surface area contributed by atoms with Crippen LogP contribution in [-0.4, -0.2) is 27.8 Å². The van der Waals surface area contributed by atoms with Crippen molar-refractivity contribution in [2.75, 3.05) is 11.5 Å². The molecule has 0 bridgehead atoms. The van der Waals surface area contributed by atoms with E-state index in [1.54, 1.807) is 0 Å². The molecule has 0 aromatic carbocycles. The Morgan fingerprint density at radius 3 is 2.18 bits per heavy atom. The van der Waals surface area contributed by atoms with Crippen LogP contribution >= 0.6 is 11.8 Å². The Bertz CT molecular complexity index is 270. The highest BCUT2D eigenvalue weighted by atomic mass is 32.2. The fraction of sp³-hybridized carbons (Fsp3) is 1.00. The quantitative estimate of drug-likeness (QED) is 0.759. The SMILES string of the molecule is CC(C)(C)C1CCC(O)(C2(N)CCSC2)CC1. The van der Waals surface area contributed by atoms with Crippen LogP contribution in [-0.2, 0) is 0 Å². The van der Waals surface area contributed by atoms with E-state index in [0.717, 1.165) is 49.5 Å².